The molecule has 0 bridgehead atoms. The molecule has 3 heteroatoms. The summed E-state index contributed by atoms with van der Waals surface area (Å²) in [5.74, 6) is 1.90. The Kier molecular flexibility index (Phi) is 3.27. The number of hydrogen-bond donors (Lipinski definition) is 1. The molecule has 1 saturated carbocycles. The zero-order valence-electron chi connectivity index (χ0n) is 11.1. The van der Waals surface area contributed by atoms with E-state index >= 15 is 0 Å². The lowest BCUT2D eigenvalue weighted by Crippen LogP contribution is -2.39. The highest BCUT2D eigenvalue weighted by Crippen LogP contribution is 2.35. The third-order valence-corrected chi connectivity index (χ3v) is 4.16. The predicted molar refractivity (Wildman–Crippen MR) is 72.7 cm³/mol. The van der Waals surface area contributed by atoms with Crippen LogP contribution in [0.15, 0.2) is 18.2 Å². The Hall–Kier alpha value is -1.06. The summed E-state index contributed by atoms with van der Waals surface area (Å²) in [6, 6.07) is 7.13. The van der Waals surface area contributed by atoms with Gasteiger partial charge in [0.2, 0.25) is 0 Å². The zero-order chi connectivity index (χ0) is 12.5. The first-order chi connectivity index (χ1) is 8.78. The van der Waals surface area contributed by atoms with Crippen molar-refractivity contribution in [3.05, 3.63) is 29.3 Å². The van der Waals surface area contributed by atoms with E-state index < -0.39 is 0 Å². The lowest BCUT2D eigenvalue weighted by Gasteiger charge is -2.27. The summed E-state index contributed by atoms with van der Waals surface area (Å²) in [5.41, 5.74) is 8.63. The second-order valence-corrected chi connectivity index (χ2v) is 5.60. The average Bonchev–Trinajstić information content (AvgIpc) is 3.08. The lowest BCUT2D eigenvalue weighted by atomic mass is 10.1. The van der Waals surface area contributed by atoms with Gasteiger partial charge >= 0.3 is 0 Å². The van der Waals surface area contributed by atoms with Gasteiger partial charge in [-0.25, -0.2) is 0 Å². The Balaban J connectivity index is 1.68. The number of benzene rings is 1. The van der Waals surface area contributed by atoms with E-state index in [1.165, 1.54) is 24.0 Å². The molecular formula is C15H22N2O. The maximum atomic E-state index is 5.90. The fraction of sp³-hybridized carbons (Fsp3) is 0.600. The molecule has 0 amide bonds. The van der Waals surface area contributed by atoms with Crippen LogP contribution < -0.4 is 10.5 Å². The molecule has 3 nitrogen and oxygen atoms in total. The largest absolute Gasteiger partial charge is 0.493 e. The molecule has 0 spiro atoms. The van der Waals surface area contributed by atoms with Crippen molar-refractivity contribution in [3.63, 3.8) is 0 Å². The minimum Gasteiger partial charge on any atom is -0.493 e. The molecule has 1 aromatic carbocycles. The van der Waals surface area contributed by atoms with Crippen LogP contribution in [0.25, 0.3) is 0 Å². The van der Waals surface area contributed by atoms with Crippen molar-refractivity contribution >= 4 is 0 Å². The van der Waals surface area contributed by atoms with Crippen molar-refractivity contribution < 1.29 is 4.74 Å². The van der Waals surface area contributed by atoms with Crippen molar-refractivity contribution in [1.29, 1.82) is 0 Å². The van der Waals surface area contributed by atoms with Gasteiger partial charge in [0.05, 0.1) is 6.61 Å². The number of hydrogen-bond acceptors (Lipinski definition) is 3. The molecule has 1 aliphatic carbocycles. The molecule has 98 valence electrons. The van der Waals surface area contributed by atoms with Crippen LogP contribution in [0.5, 0.6) is 5.75 Å². The number of fused-ring (bicyclic) bond motifs is 1. The molecular weight excluding hydrogens is 224 g/mol. The Morgan fingerprint density at radius 1 is 1.44 bits per heavy atom. The van der Waals surface area contributed by atoms with Gasteiger partial charge in [0.15, 0.2) is 0 Å². The maximum absolute atomic E-state index is 5.90. The van der Waals surface area contributed by atoms with E-state index in [0.717, 1.165) is 37.8 Å². The Bertz CT molecular complexity index is 429. The highest BCUT2D eigenvalue weighted by atomic mass is 16.5. The molecule has 1 aromatic rings. The molecule has 0 aromatic heterocycles. The van der Waals surface area contributed by atoms with Gasteiger partial charge in [0.1, 0.15) is 5.75 Å². The molecule has 1 atom stereocenters. The number of likely N-dealkylation sites (N-methyl/N-ethyl adjacent to an activating group) is 1. The second kappa shape index (κ2) is 4.90. The van der Waals surface area contributed by atoms with E-state index in [1.807, 2.05) is 0 Å². The third-order valence-electron chi connectivity index (χ3n) is 4.16. The van der Waals surface area contributed by atoms with Gasteiger partial charge in [-0.3, -0.25) is 4.90 Å². The summed E-state index contributed by atoms with van der Waals surface area (Å²) in [7, 11) is 2.19. The summed E-state index contributed by atoms with van der Waals surface area (Å²) in [4.78, 5) is 2.41. The number of nitrogens with zero attached hydrogens (tertiary/aromatic N) is 1. The smallest absolute Gasteiger partial charge is 0.122 e. The van der Waals surface area contributed by atoms with E-state index in [4.69, 9.17) is 10.5 Å². The van der Waals surface area contributed by atoms with Gasteiger partial charge in [-0.2, -0.15) is 0 Å². The Morgan fingerprint density at radius 3 is 3.00 bits per heavy atom. The van der Waals surface area contributed by atoms with Crippen LogP contribution in [0.1, 0.15) is 24.0 Å². The van der Waals surface area contributed by atoms with Crippen molar-refractivity contribution in [2.75, 3.05) is 20.2 Å². The Labute approximate surface area is 109 Å². The van der Waals surface area contributed by atoms with Crippen LogP contribution in [0.4, 0.5) is 0 Å². The lowest BCUT2D eigenvalue weighted by molar-refractivity contribution is 0.215. The van der Waals surface area contributed by atoms with Crippen LogP contribution in [0.2, 0.25) is 0 Å². The van der Waals surface area contributed by atoms with Crippen LogP contribution in [0.3, 0.4) is 0 Å². The molecule has 2 N–H and O–H groups in total. The second-order valence-electron chi connectivity index (χ2n) is 5.60. The van der Waals surface area contributed by atoms with Crippen LogP contribution >= 0.6 is 0 Å². The van der Waals surface area contributed by atoms with E-state index in [-0.39, 0.29) is 0 Å². The van der Waals surface area contributed by atoms with Crippen molar-refractivity contribution in [3.8, 4) is 5.75 Å². The first-order valence-corrected chi connectivity index (χ1v) is 6.93. The minimum absolute atomic E-state index is 0.550. The van der Waals surface area contributed by atoms with Gasteiger partial charge in [-0.05, 0) is 43.0 Å². The molecule has 1 heterocycles. The predicted octanol–water partition coefficient (Wildman–Crippen LogP) is 1.79. The summed E-state index contributed by atoms with van der Waals surface area (Å²) >= 11 is 0. The van der Waals surface area contributed by atoms with E-state index in [9.17, 15) is 0 Å². The SMILES string of the molecule is CN(Cc1ccc2c(c1)CCO2)C(CN)C1CC1. The fourth-order valence-corrected chi connectivity index (χ4v) is 2.96. The summed E-state index contributed by atoms with van der Waals surface area (Å²) < 4.78 is 5.54. The molecule has 0 saturated heterocycles. The van der Waals surface area contributed by atoms with Gasteiger partial charge in [-0.1, -0.05) is 12.1 Å². The van der Waals surface area contributed by atoms with Crippen molar-refractivity contribution in [2.24, 2.45) is 11.7 Å². The molecule has 3 rings (SSSR count). The molecule has 1 aliphatic heterocycles. The fourth-order valence-electron chi connectivity index (χ4n) is 2.96. The average molecular weight is 246 g/mol. The van der Waals surface area contributed by atoms with Gasteiger partial charge < -0.3 is 10.5 Å². The van der Waals surface area contributed by atoms with Crippen LogP contribution in [-0.2, 0) is 13.0 Å². The topological polar surface area (TPSA) is 38.5 Å². The number of ether oxygens (including phenoxy) is 1. The van der Waals surface area contributed by atoms with Crippen molar-refractivity contribution in [2.45, 2.75) is 31.8 Å². The zero-order valence-corrected chi connectivity index (χ0v) is 11.1. The normalized spacial score (nSPS) is 19.7. The first kappa shape index (κ1) is 12.0. The van der Waals surface area contributed by atoms with Crippen LogP contribution in [0, 0.1) is 5.92 Å². The van der Waals surface area contributed by atoms with Gasteiger partial charge in [-0.15, -0.1) is 0 Å². The Morgan fingerprint density at radius 2 is 2.28 bits per heavy atom. The highest BCUT2D eigenvalue weighted by Gasteiger charge is 2.32. The third kappa shape index (κ3) is 2.38. The molecule has 1 fully saturated rings. The molecule has 1 unspecified atom stereocenters. The van der Waals surface area contributed by atoms with E-state index in [2.05, 4.69) is 30.1 Å². The number of nitrogens with two attached hydrogens (primary N) is 1. The molecule has 18 heavy (non-hydrogen) atoms. The van der Waals surface area contributed by atoms with Gasteiger partial charge in [0, 0.05) is 25.6 Å². The molecule has 2 aliphatic rings. The quantitative estimate of drug-likeness (QED) is 0.861. The monoisotopic (exact) mass is 246 g/mol. The number of rotatable bonds is 5. The summed E-state index contributed by atoms with van der Waals surface area (Å²) in [6.45, 7) is 2.60. The van der Waals surface area contributed by atoms with E-state index in [0.29, 0.717) is 6.04 Å². The van der Waals surface area contributed by atoms with Gasteiger partial charge in [0.25, 0.3) is 0 Å². The van der Waals surface area contributed by atoms with E-state index in [1.54, 1.807) is 0 Å². The highest BCUT2D eigenvalue weighted by molar-refractivity contribution is 5.39. The summed E-state index contributed by atoms with van der Waals surface area (Å²) in [5, 5.41) is 0. The standard InChI is InChI=1S/C15H22N2O/c1-17(14(9-16)12-3-4-12)10-11-2-5-15-13(8-11)6-7-18-15/h2,5,8,12,14H,3-4,6-7,9-10,16H2,1H3. The first-order valence-electron chi connectivity index (χ1n) is 6.93. The molecule has 0 radical (unpaired) electrons. The summed E-state index contributed by atoms with van der Waals surface area (Å²) in [6.07, 6.45) is 3.75. The van der Waals surface area contributed by atoms with Crippen molar-refractivity contribution in [1.82, 2.24) is 4.90 Å². The van der Waals surface area contributed by atoms with Crippen LogP contribution in [-0.4, -0.2) is 31.1 Å². The maximum Gasteiger partial charge on any atom is 0.122 e. The minimum atomic E-state index is 0.550.